The lowest BCUT2D eigenvalue weighted by Gasteiger charge is -2.08. The molecule has 0 radical (unpaired) electrons. The lowest BCUT2D eigenvalue weighted by atomic mass is 10.1. The zero-order valence-electron chi connectivity index (χ0n) is 13.0. The van der Waals surface area contributed by atoms with Gasteiger partial charge in [-0.25, -0.2) is 0 Å². The predicted molar refractivity (Wildman–Crippen MR) is 87.3 cm³/mol. The van der Waals surface area contributed by atoms with Gasteiger partial charge in [0.1, 0.15) is 5.75 Å². The molecule has 1 N–H and O–H groups in total. The molecule has 0 saturated heterocycles. The highest BCUT2D eigenvalue weighted by atomic mass is 16.5. The Bertz CT molecular complexity index is 655. The summed E-state index contributed by atoms with van der Waals surface area (Å²) in [5, 5.41) is 2.65. The van der Waals surface area contributed by atoms with Crippen LogP contribution in [0, 0.1) is 0 Å². The third-order valence-electron chi connectivity index (χ3n) is 3.21. The number of rotatable bonds is 7. The van der Waals surface area contributed by atoms with E-state index in [2.05, 4.69) is 5.32 Å². The molecule has 0 aliphatic heterocycles. The van der Waals surface area contributed by atoms with Crippen LogP contribution in [0.5, 0.6) is 5.75 Å². The average molecular weight is 313 g/mol. The molecular weight excluding hydrogens is 294 g/mol. The third kappa shape index (κ3) is 5.47. The highest BCUT2D eigenvalue weighted by Crippen LogP contribution is 2.18. The first-order valence-corrected chi connectivity index (χ1v) is 7.31. The zero-order chi connectivity index (χ0) is 16.5. The van der Waals surface area contributed by atoms with Crippen molar-refractivity contribution in [3.05, 3.63) is 60.2 Å². The highest BCUT2D eigenvalue weighted by molar-refractivity contribution is 5.92. The normalized spacial score (nSPS) is 9.96. The fourth-order valence-electron chi connectivity index (χ4n) is 2.08. The Labute approximate surface area is 135 Å². The van der Waals surface area contributed by atoms with E-state index in [9.17, 15) is 9.59 Å². The molecule has 0 bridgehead atoms. The Morgan fingerprint density at radius 1 is 1.00 bits per heavy atom. The molecule has 0 aromatic heterocycles. The van der Waals surface area contributed by atoms with Gasteiger partial charge in [0.25, 0.3) is 5.91 Å². The van der Waals surface area contributed by atoms with Crippen molar-refractivity contribution in [2.45, 2.75) is 12.8 Å². The first-order chi connectivity index (χ1) is 11.2. The summed E-state index contributed by atoms with van der Waals surface area (Å²) in [5.74, 6) is -0.0388. The van der Waals surface area contributed by atoms with E-state index >= 15 is 0 Å². The third-order valence-corrected chi connectivity index (χ3v) is 3.21. The maximum Gasteiger partial charge on any atom is 0.306 e. The molecule has 0 heterocycles. The van der Waals surface area contributed by atoms with Crippen LogP contribution in [0.15, 0.2) is 54.6 Å². The molecule has 5 heteroatoms. The number of carbonyl (C=O) groups is 2. The number of amides is 1. The molecule has 120 valence electrons. The van der Waals surface area contributed by atoms with E-state index in [4.69, 9.17) is 9.47 Å². The van der Waals surface area contributed by atoms with Crippen molar-refractivity contribution >= 4 is 17.6 Å². The van der Waals surface area contributed by atoms with Crippen molar-refractivity contribution < 1.29 is 19.1 Å². The quantitative estimate of drug-likeness (QED) is 0.798. The largest absolute Gasteiger partial charge is 0.496 e. The first kappa shape index (κ1) is 16.5. The van der Waals surface area contributed by atoms with E-state index in [-0.39, 0.29) is 18.9 Å². The Balaban J connectivity index is 1.74. The SMILES string of the molecule is COc1ccccc1CCC(=O)OCC(=O)Nc1ccccc1. The van der Waals surface area contributed by atoms with E-state index in [0.29, 0.717) is 12.1 Å². The van der Waals surface area contributed by atoms with Crippen molar-refractivity contribution in [1.82, 2.24) is 0 Å². The highest BCUT2D eigenvalue weighted by Gasteiger charge is 2.10. The van der Waals surface area contributed by atoms with Crippen LogP contribution in [-0.2, 0) is 20.7 Å². The number of methoxy groups -OCH3 is 1. The van der Waals surface area contributed by atoms with Gasteiger partial charge in [0.2, 0.25) is 0 Å². The molecule has 0 aliphatic rings. The molecule has 2 rings (SSSR count). The van der Waals surface area contributed by atoms with Gasteiger partial charge in [-0.2, -0.15) is 0 Å². The van der Waals surface area contributed by atoms with Gasteiger partial charge in [0, 0.05) is 12.1 Å². The monoisotopic (exact) mass is 313 g/mol. The average Bonchev–Trinajstić information content (AvgIpc) is 2.59. The van der Waals surface area contributed by atoms with Crippen LogP contribution in [0.4, 0.5) is 5.69 Å². The Morgan fingerprint density at radius 3 is 2.43 bits per heavy atom. The second kappa shape index (κ2) is 8.58. The molecule has 0 aliphatic carbocycles. The Hall–Kier alpha value is -2.82. The van der Waals surface area contributed by atoms with Crippen LogP contribution in [-0.4, -0.2) is 25.6 Å². The summed E-state index contributed by atoms with van der Waals surface area (Å²) in [7, 11) is 1.59. The second-order valence-corrected chi connectivity index (χ2v) is 4.89. The number of ether oxygens (including phenoxy) is 2. The number of benzene rings is 2. The van der Waals surface area contributed by atoms with Crippen molar-refractivity contribution in [3.8, 4) is 5.75 Å². The summed E-state index contributed by atoms with van der Waals surface area (Å²) in [6.45, 7) is -0.292. The van der Waals surface area contributed by atoms with Crippen LogP contribution in [0.1, 0.15) is 12.0 Å². The molecule has 5 nitrogen and oxygen atoms in total. The fraction of sp³-hybridized carbons (Fsp3) is 0.222. The lowest BCUT2D eigenvalue weighted by molar-refractivity contribution is -0.147. The summed E-state index contributed by atoms with van der Waals surface area (Å²) >= 11 is 0. The van der Waals surface area contributed by atoms with E-state index in [1.165, 1.54) is 0 Å². The van der Waals surface area contributed by atoms with Gasteiger partial charge in [-0.1, -0.05) is 36.4 Å². The van der Waals surface area contributed by atoms with Gasteiger partial charge >= 0.3 is 5.97 Å². The minimum Gasteiger partial charge on any atom is -0.496 e. The van der Waals surface area contributed by atoms with Crippen LogP contribution in [0.25, 0.3) is 0 Å². The van der Waals surface area contributed by atoms with Crippen molar-refractivity contribution in [2.24, 2.45) is 0 Å². The molecule has 0 fully saturated rings. The maximum atomic E-state index is 11.7. The molecule has 0 unspecified atom stereocenters. The minimum absolute atomic E-state index is 0.193. The van der Waals surface area contributed by atoms with Gasteiger partial charge in [-0.05, 0) is 30.2 Å². The lowest BCUT2D eigenvalue weighted by Crippen LogP contribution is -2.21. The summed E-state index contributed by atoms with van der Waals surface area (Å²) in [6, 6.07) is 16.5. The van der Waals surface area contributed by atoms with Crippen LogP contribution in [0.2, 0.25) is 0 Å². The number of carbonyl (C=O) groups excluding carboxylic acids is 2. The van der Waals surface area contributed by atoms with E-state index < -0.39 is 5.97 Å². The minimum atomic E-state index is -0.417. The van der Waals surface area contributed by atoms with Gasteiger partial charge < -0.3 is 14.8 Å². The number of para-hydroxylation sites is 2. The van der Waals surface area contributed by atoms with Crippen molar-refractivity contribution in [3.63, 3.8) is 0 Å². The molecule has 2 aromatic carbocycles. The molecule has 2 aromatic rings. The van der Waals surface area contributed by atoms with E-state index in [0.717, 1.165) is 11.3 Å². The summed E-state index contributed by atoms with van der Waals surface area (Å²) in [4.78, 5) is 23.4. The number of aryl methyl sites for hydroxylation is 1. The Kier molecular flexibility index (Phi) is 6.17. The number of nitrogens with one attached hydrogen (secondary N) is 1. The van der Waals surface area contributed by atoms with Gasteiger partial charge in [-0.3, -0.25) is 9.59 Å². The predicted octanol–water partition coefficient (Wildman–Crippen LogP) is 2.81. The fourth-order valence-corrected chi connectivity index (χ4v) is 2.08. The molecular formula is C18H19NO4. The number of hydrogen-bond donors (Lipinski definition) is 1. The van der Waals surface area contributed by atoms with Gasteiger partial charge in [-0.15, -0.1) is 0 Å². The summed E-state index contributed by atoms with van der Waals surface area (Å²) in [5.41, 5.74) is 1.60. The summed E-state index contributed by atoms with van der Waals surface area (Å²) < 4.78 is 10.2. The van der Waals surface area contributed by atoms with E-state index in [1.807, 2.05) is 42.5 Å². The molecule has 0 atom stereocenters. The van der Waals surface area contributed by atoms with Crippen LogP contribution >= 0.6 is 0 Å². The summed E-state index contributed by atoms with van der Waals surface area (Å²) in [6.07, 6.45) is 0.697. The number of esters is 1. The topological polar surface area (TPSA) is 64.6 Å². The first-order valence-electron chi connectivity index (χ1n) is 7.31. The smallest absolute Gasteiger partial charge is 0.306 e. The van der Waals surface area contributed by atoms with Crippen molar-refractivity contribution in [2.75, 3.05) is 19.0 Å². The number of anilines is 1. The Morgan fingerprint density at radius 2 is 1.70 bits per heavy atom. The van der Waals surface area contributed by atoms with Crippen LogP contribution < -0.4 is 10.1 Å². The zero-order valence-corrected chi connectivity index (χ0v) is 13.0. The standard InChI is InChI=1S/C18H19NO4/c1-22-16-10-6-5-7-14(16)11-12-18(21)23-13-17(20)19-15-8-3-2-4-9-15/h2-10H,11-13H2,1H3,(H,19,20). The van der Waals surface area contributed by atoms with E-state index in [1.54, 1.807) is 19.2 Å². The molecule has 1 amide bonds. The van der Waals surface area contributed by atoms with Gasteiger partial charge in [0.15, 0.2) is 6.61 Å². The second-order valence-electron chi connectivity index (χ2n) is 4.89. The molecule has 23 heavy (non-hydrogen) atoms. The maximum absolute atomic E-state index is 11.7. The van der Waals surface area contributed by atoms with Crippen molar-refractivity contribution in [1.29, 1.82) is 0 Å². The van der Waals surface area contributed by atoms with Crippen LogP contribution in [0.3, 0.4) is 0 Å². The molecule has 0 spiro atoms. The number of hydrogen-bond acceptors (Lipinski definition) is 4. The van der Waals surface area contributed by atoms with Gasteiger partial charge in [0.05, 0.1) is 7.11 Å². The molecule has 0 saturated carbocycles.